The van der Waals surface area contributed by atoms with Gasteiger partial charge in [-0.05, 0) is 44.2 Å². The van der Waals surface area contributed by atoms with E-state index in [1.54, 1.807) is 0 Å². The predicted molar refractivity (Wildman–Crippen MR) is 51.0 cm³/mol. The van der Waals surface area contributed by atoms with Crippen LogP contribution in [-0.4, -0.2) is 17.9 Å². The highest BCUT2D eigenvalue weighted by molar-refractivity contribution is 9.09. The van der Waals surface area contributed by atoms with Crippen LogP contribution in [0.5, 0.6) is 0 Å². The number of hydrogen-bond donors (Lipinski definition) is 1. The Hall–Kier alpha value is 0.440. The number of nitrogens with one attached hydrogen (secondary N) is 1. The molecule has 0 aromatic heterocycles. The molecule has 1 heterocycles. The molecular formula is C9H16BrN. The van der Waals surface area contributed by atoms with E-state index in [0.717, 1.165) is 16.7 Å². The summed E-state index contributed by atoms with van der Waals surface area (Å²) in [6, 6.07) is 0. The maximum absolute atomic E-state index is 3.80. The summed E-state index contributed by atoms with van der Waals surface area (Å²) in [5, 5.41) is 3.48. The molecule has 0 radical (unpaired) electrons. The monoisotopic (exact) mass is 217 g/mol. The second-order valence-corrected chi connectivity index (χ2v) is 5.04. The largest absolute Gasteiger partial charge is 0.316 e. The van der Waals surface area contributed by atoms with E-state index >= 15 is 0 Å². The summed E-state index contributed by atoms with van der Waals surface area (Å²) < 4.78 is 0. The molecule has 2 heteroatoms. The van der Waals surface area contributed by atoms with E-state index in [1.807, 2.05) is 0 Å². The first kappa shape index (κ1) is 8.06. The summed E-state index contributed by atoms with van der Waals surface area (Å²) in [4.78, 5) is 0.823. The average Bonchev–Trinajstić information content (AvgIpc) is 2.06. The highest BCUT2D eigenvalue weighted by atomic mass is 79.9. The third kappa shape index (κ3) is 1.62. The zero-order chi connectivity index (χ0) is 7.68. The number of fused-ring (bicyclic) bond motifs is 1. The van der Waals surface area contributed by atoms with Gasteiger partial charge in [0.25, 0.3) is 0 Å². The highest BCUT2D eigenvalue weighted by Crippen LogP contribution is 2.37. The average molecular weight is 218 g/mol. The summed E-state index contributed by atoms with van der Waals surface area (Å²) in [7, 11) is 0. The lowest BCUT2D eigenvalue weighted by Crippen LogP contribution is -2.42. The minimum Gasteiger partial charge on any atom is -0.316 e. The normalized spacial score (nSPS) is 45.0. The van der Waals surface area contributed by atoms with Crippen molar-refractivity contribution in [2.75, 3.05) is 13.1 Å². The van der Waals surface area contributed by atoms with Gasteiger partial charge in [-0.2, -0.15) is 0 Å². The lowest BCUT2D eigenvalue weighted by atomic mass is 9.75. The van der Waals surface area contributed by atoms with Crippen LogP contribution >= 0.6 is 15.9 Å². The summed E-state index contributed by atoms with van der Waals surface area (Å²) >= 11 is 3.80. The van der Waals surface area contributed by atoms with Gasteiger partial charge in [0.2, 0.25) is 0 Å². The Bertz CT molecular complexity index is 136. The van der Waals surface area contributed by atoms with Gasteiger partial charge in [0, 0.05) is 4.83 Å². The molecule has 1 aliphatic heterocycles. The quantitative estimate of drug-likeness (QED) is 0.614. The van der Waals surface area contributed by atoms with Gasteiger partial charge < -0.3 is 5.32 Å². The van der Waals surface area contributed by atoms with E-state index in [2.05, 4.69) is 21.2 Å². The molecule has 0 bridgehead atoms. The number of piperidine rings is 1. The van der Waals surface area contributed by atoms with Crippen molar-refractivity contribution >= 4 is 15.9 Å². The standard InChI is InChI=1S/C9H16BrN/c10-9-3-1-2-7-6-11-5-4-8(7)9/h7-9,11H,1-6H2/t7-,8-,9+/m1/s1. The zero-order valence-electron chi connectivity index (χ0n) is 6.85. The molecule has 2 rings (SSSR count). The Balaban J connectivity index is 1.99. The van der Waals surface area contributed by atoms with Gasteiger partial charge in [-0.1, -0.05) is 22.4 Å². The molecule has 0 aromatic carbocycles. The third-order valence-corrected chi connectivity index (χ3v) is 4.32. The van der Waals surface area contributed by atoms with Gasteiger partial charge >= 0.3 is 0 Å². The fraction of sp³-hybridized carbons (Fsp3) is 1.00. The van der Waals surface area contributed by atoms with E-state index in [0.29, 0.717) is 0 Å². The first-order valence-electron chi connectivity index (χ1n) is 4.72. The minimum absolute atomic E-state index is 0.823. The van der Waals surface area contributed by atoms with E-state index in [-0.39, 0.29) is 0 Å². The van der Waals surface area contributed by atoms with Crippen molar-refractivity contribution in [1.82, 2.24) is 5.32 Å². The summed E-state index contributed by atoms with van der Waals surface area (Å²) in [6.45, 7) is 2.51. The van der Waals surface area contributed by atoms with Crippen LogP contribution in [0.2, 0.25) is 0 Å². The van der Waals surface area contributed by atoms with Gasteiger partial charge in [-0.3, -0.25) is 0 Å². The molecule has 0 amide bonds. The molecule has 0 unspecified atom stereocenters. The SMILES string of the molecule is Br[C@H]1CCC[C@@H]2CNCC[C@H]21. The van der Waals surface area contributed by atoms with Crippen molar-refractivity contribution in [3.63, 3.8) is 0 Å². The smallest absolute Gasteiger partial charge is 0.0177 e. The number of hydrogen-bond acceptors (Lipinski definition) is 1. The van der Waals surface area contributed by atoms with Crippen LogP contribution in [0.15, 0.2) is 0 Å². The molecule has 3 atom stereocenters. The Morgan fingerprint density at radius 2 is 2.09 bits per heavy atom. The van der Waals surface area contributed by atoms with Crippen LogP contribution in [0.25, 0.3) is 0 Å². The van der Waals surface area contributed by atoms with Crippen molar-refractivity contribution < 1.29 is 0 Å². The molecule has 1 N–H and O–H groups in total. The lowest BCUT2D eigenvalue weighted by Gasteiger charge is -2.39. The summed E-state index contributed by atoms with van der Waals surface area (Å²) in [6.07, 6.45) is 5.68. The predicted octanol–water partition coefficient (Wildman–Crippen LogP) is 2.16. The number of alkyl halides is 1. The first-order valence-corrected chi connectivity index (χ1v) is 5.64. The van der Waals surface area contributed by atoms with E-state index in [9.17, 15) is 0 Å². The molecule has 0 aromatic rings. The summed E-state index contributed by atoms with van der Waals surface area (Å²) in [5.74, 6) is 1.95. The maximum atomic E-state index is 3.80. The van der Waals surface area contributed by atoms with Crippen molar-refractivity contribution in [3.8, 4) is 0 Å². The topological polar surface area (TPSA) is 12.0 Å². The molecule has 1 nitrogen and oxygen atoms in total. The molecular weight excluding hydrogens is 202 g/mol. The molecule has 1 saturated heterocycles. The lowest BCUT2D eigenvalue weighted by molar-refractivity contribution is 0.195. The van der Waals surface area contributed by atoms with Crippen molar-refractivity contribution in [2.24, 2.45) is 11.8 Å². The van der Waals surface area contributed by atoms with Gasteiger partial charge in [-0.25, -0.2) is 0 Å². The number of halogens is 1. The molecule has 1 saturated carbocycles. The van der Waals surface area contributed by atoms with Gasteiger partial charge in [0.15, 0.2) is 0 Å². The van der Waals surface area contributed by atoms with E-state index in [1.165, 1.54) is 38.8 Å². The summed E-state index contributed by atoms with van der Waals surface area (Å²) in [5.41, 5.74) is 0. The van der Waals surface area contributed by atoms with Crippen molar-refractivity contribution in [3.05, 3.63) is 0 Å². The fourth-order valence-electron chi connectivity index (χ4n) is 2.52. The molecule has 2 fully saturated rings. The Morgan fingerprint density at radius 3 is 2.91 bits per heavy atom. The minimum atomic E-state index is 0.823. The second kappa shape index (κ2) is 3.44. The Labute approximate surface area is 77.1 Å². The Kier molecular flexibility index (Phi) is 2.52. The van der Waals surface area contributed by atoms with Crippen LogP contribution in [0.1, 0.15) is 25.7 Å². The number of rotatable bonds is 0. The molecule has 64 valence electrons. The van der Waals surface area contributed by atoms with Gasteiger partial charge in [0.1, 0.15) is 0 Å². The maximum Gasteiger partial charge on any atom is 0.0177 e. The van der Waals surface area contributed by atoms with Crippen molar-refractivity contribution in [2.45, 2.75) is 30.5 Å². The molecule has 1 aliphatic carbocycles. The highest BCUT2D eigenvalue weighted by Gasteiger charge is 2.32. The Morgan fingerprint density at radius 1 is 1.18 bits per heavy atom. The molecule has 11 heavy (non-hydrogen) atoms. The zero-order valence-corrected chi connectivity index (χ0v) is 8.44. The van der Waals surface area contributed by atoms with Gasteiger partial charge in [-0.15, -0.1) is 0 Å². The first-order chi connectivity index (χ1) is 5.38. The van der Waals surface area contributed by atoms with Crippen LogP contribution in [0.3, 0.4) is 0 Å². The van der Waals surface area contributed by atoms with Crippen LogP contribution < -0.4 is 5.32 Å². The van der Waals surface area contributed by atoms with E-state index in [4.69, 9.17) is 0 Å². The second-order valence-electron chi connectivity index (χ2n) is 3.86. The third-order valence-electron chi connectivity index (χ3n) is 3.19. The molecule has 2 aliphatic rings. The van der Waals surface area contributed by atoms with E-state index < -0.39 is 0 Å². The van der Waals surface area contributed by atoms with Crippen LogP contribution in [0.4, 0.5) is 0 Å². The van der Waals surface area contributed by atoms with Gasteiger partial charge in [0.05, 0.1) is 0 Å². The van der Waals surface area contributed by atoms with Crippen LogP contribution in [-0.2, 0) is 0 Å². The van der Waals surface area contributed by atoms with Crippen molar-refractivity contribution in [1.29, 1.82) is 0 Å². The fourth-order valence-corrected chi connectivity index (χ4v) is 3.54. The van der Waals surface area contributed by atoms with Crippen LogP contribution in [0, 0.1) is 11.8 Å². The molecule has 0 spiro atoms.